The number of phenolic OH excluding ortho intramolecular Hbond substituents is 1. The molecule has 3 N–H and O–H groups in total. The van der Waals surface area contributed by atoms with Gasteiger partial charge in [0.25, 0.3) is 15.9 Å². The number of sulfonamides is 1. The summed E-state index contributed by atoms with van der Waals surface area (Å²) in [5, 5.41) is 13.5. The number of aromatic hydroxyl groups is 1. The van der Waals surface area contributed by atoms with Crippen molar-refractivity contribution in [2.75, 3.05) is 11.8 Å². The highest BCUT2D eigenvalue weighted by molar-refractivity contribution is 7.92. The van der Waals surface area contributed by atoms with Crippen molar-refractivity contribution in [3.63, 3.8) is 0 Å². The van der Waals surface area contributed by atoms with Crippen molar-refractivity contribution in [1.29, 1.82) is 0 Å². The van der Waals surface area contributed by atoms with Crippen molar-refractivity contribution in [2.45, 2.75) is 11.8 Å². The van der Waals surface area contributed by atoms with Crippen LogP contribution in [0, 0.1) is 6.92 Å². The number of carbonyl (C=O) groups is 1. The fourth-order valence-corrected chi connectivity index (χ4v) is 3.68. The average molecular weight is 439 g/mol. The second-order valence-corrected chi connectivity index (χ2v) is 8.31. The Balaban J connectivity index is 1.63. The Labute approximate surface area is 180 Å². The summed E-state index contributed by atoms with van der Waals surface area (Å²) in [7, 11) is -2.29. The molecule has 0 unspecified atom stereocenters. The molecule has 8 nitrogen and oxygen atoms in total. The standard InChI is InChI=1S/C22H21N3O5S/c1-15-3-10-19(11-4-15)31(28,29)25-18-8-6-17(7-9-18)22(27)24-23-14-16-5-12-20(26)21(13-16)30-2/h3-14,25-26H,1-2H3,(H,24,27)/b23-14+. The minimum absolute atomic E-state index is 0.00165. The molecule has 0 saturated carbocycles. The molecule has 9 heteroatoms. The third-order valence-corrected chi connectivity index (χ3v) is 5.71. The van der Waals surface area contributed by atoms with Crippen LogP contribution in [0.3, 0.4) is 0 Å². The first-order chi connectivity index (χ1) is 14.8. The van der Waals surface area contributed by atoms with Gasteiger partial charge in [0.1, 0.15) is 0 Å². The van der Waals surface area contributed by atoms with Gasteiger partial charge in [0, 0.05) is 11.3 Å². The molecular formula is C22H21N3O5S. The highest BCUT2D eigenvalue weighted by Crippen LogP contribution is 2.25. The predicted molar refractivity (Wildman–Crippen MR) is 118 cm³/mol. The number of anilines is 1. The van der Waals surface area contributed by atoms with Crippen LogP contribution in [-0.4, -0.2) is 32.8 Å². The van der Waals surface area contributed by atoms with Crippen molar-refractivity contribution in [3.8, 4) is 11.5 Å². The summed E-state index contributed by atoms with van der Waals surface area (Å²) < 4.78 is 32.4. The van der Waals surface area contributed by atoms with E-state index in [0.29, 0.717) is 22.6 Å². The number of hydrogen-bond acceptors (Lipinski definition) is 6. The quantitative estimate of drug-likeness (QED) is 0.386. The zero-order valence-corrected chi connectivity index (χ0v) is 17.7. The summed E-state index contributed by atoms with van der Waals surface area (Å²) in [5.41, 5.74) is 4.60. The number of hydrazone groups is 1. The number of aryl methyl sites for hydroxylation is 1. The lowest BCUT2D eigenvalue weighted by molar-refractivity contribution is 0.0955. The number of nitrogens with zero attached hydrogens (tertiary/aromatic N) is 1. The van der Waals surface area contributed by atoms with E-state index in [9.17, 15) is 18.3 Å². The Morgan fingerprint density at radius 1 is 1.03 bits per heavy atom. The summed E-state index contributed by atoms with van der Waals surface area (Å²) in [6.45, 7) is 1.87. The number of benzene rings is 3. The Morgan fingerprint density at radius 3 is 2.35 bits per heavy atom. The first-order valence-electron chi connectivity index (χ1n) is 9.18. The maximum Gasteiger partial charge on any atom is 0.271 e. The molecule has 0 saturated heterocycles. The van der Waals surface area contributed by atoms with E-state index in [1.165, 1.54) is 55.8 Å². The van der Waals surface area contributed by atoms with Crippen LogP contribution < -0.4 is 14.9 Å². The van der Waals surface area contributed by atoms with Crippen molar-refractivity contribution in [3.05, 3.63) is 83.4 Å². The topological polar surface area (TPSA) is 117 Å². The number of ether oxygens (including phenoxy) is 1. The van der Waals surface area contributed by atoms with Crippen LogP contribution in [0.25, 0.3) is 0 Å². The molecule has 0 spiro atoms. The maximum absolute atomic E-state index is 12.4. The second kappa shape index (κ2) is 9.31. The molecular weight excluding hydrogens is 418 g/mol. The maximum atomic E-state index is 12.4. The van der Waals surface area contributed by atoms with Crippen molar-refractivity contribution < 1.29 is 23.1 Å². The van der Waals surface area contributed by atoms with Crippen LogP contribution in [0.15, 0.2) is 76.7 Å². The molecule has 31 heavy (non-hydrogen) atoms. The summed E-state index contributed by atoms with van der Waals surface area (Å²) in [5.74, 6) is -0.171. The Morgan fingerprint density at radius 2 is 1.71 bits per heavy atom. The summed E-state index contributed by atoms with van der Waals surface area (Å²) in [6, 6.07) is 17.1. The molecule has 3 rings (SSSR count). The minimum Gasteiger partial charge on any atom is -0.504 e. The lowest BCUT2D eigenvalue weighted by atomic mass is 10.2. The van der Waals surface area contributed by atoms with E-state index in [2.05, 4.69) is 15.2 Å². The fourth-order valence-electron chi connectivity index (χ4n) is 2.63. The molecule has 0 aliphatic heterocycles. The predicted octanol–water partition coefficient (Wildman–Crippen LogP) is 3.27. The third-order valence-electron chi connectivity index (χ3n) is 4.31. The third kappa shape index (κ3) is 5.61. The molecule has 1 amide bonds. The van der Waals surface area contributed by atoms with Gasteiger partial charge < -0.3 is 9.84 Å². The van der Waals surface area contributed by atoms with Gasteiger partial charge in [-0.3, -0.25) is 9.52 Å². The Kier molecular flexibility index (Phi) is 6.56. The second-order valence-electron chi connectivity index (χ2n) is 6.63. The van der Waals surface area contributed by atoms with Gasteiger partial charge in [0.2, 0.25) is 0 Å². The van der Waals surface area contributed by atoms with Gasteiger partial charge >= 0.3 is 0 Å². The van der Waals surface area contributed by atoms with Crippen LogP contribution in [0.1, 0.15) is 21.5 Å². The number of nitrogens with one attached hydrogen (secondary N) is 2. The smallest absolute Gasteiger partial charge is 0.271 e. The summed E-state index contributed by atoms with van der Waals surface area (Å²) in [4.78, 5) is 12.4. The zero-order valence-electron chi connectivity index (χ0n) is 16.9. The van der Waals surface area contributed by atoms with Crippen LogP contribution in [-0.2, 0) is 10.0 Å². The SMILES string of the molecule is COc1cc(/C=N/NC(=O)c2ccc(NS(=O)(=O)c3ccc(C)cc3)cc2)ccc1O. The monoisotopic (exact) mass is 439 g/mol. The Hall–Kier alpha value is -3.85. The Bertz CT molecular complexity index is 1200. The molecule has 0 aromatic heterocycles. The van der Waals surface area contributed by atoms with Crippen molar-refractivity contribution >= 4 is 27.8 Å². The largest absolute Gasteiger partial charge is 0.504 e. The number of carbonyl (C=O) groups excluding carboxylic acids is 1. The van der Waals surface area contributed by atoms with Gasteiger partial charge in [-0.15, -0.1) is 0 Å². The first kappa shape index (κ1) is 21.8. The number of phenols is 1. The highest BCUT2D eigenvalue weighted by atomic mass is 32.2. The fraction of sp³-hybridized carbons (Fsp3) is 0.0909. The molecule has 3 aromatic rings. The molecule has 0 atom stereocenters. The molecule has 160 valence electrons. The van der Waals surface area contributed by atoms with E-state index in [1.54, 1.807) is 24.3 Å². The molecule has 0 bridgehead atoms. The number of methoxy groups -OCH3 is 1. The molecule has 0 radical (unpaired) electrons. The van der Waals surface area contributed by atoms with Gasteiger partial charge in [0.15, 0.2) is 11.5 Å². The van der Waals surface area contributed by atoms with Crippen LogP contribution in [0.5, 0.6) is 11.5 Å². The van der Waals surface area contributed by atoms with Crippen LogP contribution >= 0.6 is 0 Å². The van der Waals surface area contributed by atoms with Gasteiger partial charge in [-0.2, -0.15) is 5.10 Å². The molecule has 0 aliphatic carbocycles. The van der Waals surface area contributed by atoms with E-state index in [-0.39, 0.29) is 10.6 Å². The van der Waals surface area contributed by atoms with Gasteiger partial charge in [-0.25, -0.2) is 13.8 Å². The van der Waals surface area contributed by atoms with E-state index in [0.717, 1.165) is 5.56 Å². The van der Waals surface area contributed by atoms with E-state index < -0.39 is 15.9 Å². The van der Waals surface area contributed by atoms with Gasteiger partial charge in [0.05, 0.1) is 18.2 Å². The molecule has 0 aliphatic rings. The highest BCUT2D eigenvalue weighted by Gasteiger charge is 2.14. The molecule has 0 heterocycles. The van der Waals surface area contributed by atoms with Crippen molar-refractivity contribution in [2.24, 2.45) is 5.10 Å². The van der Waals surface area contributed by atoms with Gasteiger partial charge in [-0.1, -0.05) is 17.7 Å². The van der Waals surface area contributed by atoms with Crippen molar-refractivity contribution in [1.82, 2.24) is 5.43 Å². The zero-order chi connectivity index (χ0) is 22.4. The summed E-state index contributed by atoms with van der Waals surface area (Å²) >= 11 is 0. The average Bonchev–Trinajstić information content (AvgIpc) is 2.75. The van der Waals surface area contributed by atoms with Crippen LogP contribution in [0.2, 0.25) is 0 Å². The van der Waals surface area contributed by atoms with E-state index >= 15 is 0 Å². The summed E-state index contributed by atoms with van der Waals surface area (Å²) in [6.07, 6.45) is 1.41. The number of rotatable bonds is 7. The lowest BCUT2D eigenvalue weighted by Crippen LogP contribution is -2.18. The normalized spacial score (nSPS) is 11.3. The number of hydrogen-bond donors (Lipinski definition) is 3. The van der Waals surface area contributed by atoms with E-state index in [1.807, 2.05) is 6.92 Å². The van der Waals surface area contributed by atoms with Gasteiger partial charge in [-0.05, 0) is 67.1 Å². The van der Waals surface area contributed by atoms with Crippen LogP contribution in [0.4, 0.5) is 5.69 Å². The first-order valence-corrected chi connectivity index (χ1v) is 10.7. The molecule has 0 fully saturated rings. The molecule has 3 aromatic carbocycles. The lowest BCUT2D eigenvalue weighted by Gasteiger charge is -2.09. The number of amides is 1. The van der Waals surface area contributed by atoms with E-state index in [4.69, 9.17) is 4.74 Å². The minimum atomic E-state index is -3.72.